The number of halogens is 6. The maximum atomic E-state index is 13.1. The van der Waals surface area contributed by atoms with E-state index >= 15 is 0 Å². The number of hydrogen-bond donors (Lipinski definition) is 2. The van der Waals surface area contributed by atoms with E-state index in [4.69, 9.17) is 32.2 Å². The molecule has 0 bridgehead atoms. The maximum Gasteiger partial charge on any atom is 1.00 e. The fourth-order valence-corrected chi connectivity index (χ4v) is 1.74. The summed E-state index contributed by atoms with van der Waals surface area (Å²) in [6, 6.07) is 3.56. The maximum absolute atomic E-state index is 13.1. The number of anilines is 1. The molecule has 1 fully saturated rings. The Morgan fingerprint density at radius 2 is 1.82 bits per heavy atom. The molecule has 1 aliphatic rings. The Labute approximate surface area is 215 Å². The molecule has 1 aromatic rings. The zero-order valence-electron chi connectivity index (χ0n) is 14.2. The van der Waals surface area contributed by atoms with Crippen molar-refractivity contribution in [3.8, 4) is 11.8 Å². The number of carbonyl (C=O) groups excluding carboxylic acids is 2. The predicted octanol–water partition coefficient (Wildman–Crippen LogP) is 0.108. The van der Waals surface area contributed by atoms with Gasteiger partial charge >= 0.3 is 62.3 Å². The molecule has 1 atom stereocenters. The van der Waals surface area contributed by atoms with Crippen LogP contribution in [-0.2, 0) is 15.3 Å². The third-order valence-electron chi connectivity index (χ3n) is 2.89. The molecule has 0 spiro atoms. The summed E-state index contributed by atoms with van der Waals surface area (Å²) in [5.41, 5.74) is 1.49. The molecule has 0 heterocycles. The Balaban J connectivity index is 0. The summed E-state index contributed by atoms with van der Waals surface area (Å²) in [6.07, 6.45) is -3.44. The van der Waals surface area contributed by atoms with Gasteiger partial charge in [-0.05, 0) is 54.2 Å². The largest absolute Gasteiger partial charge is 1.00 e. The molecule has 0 unspecified atom stereocenters. The van der Waals surface area contributed by atoms with Crippen LogP contribution in [0.2, 0.25) is 5.02 Å². The van der Waals surface area contributed by atoms with E-state index in [0.29, 0.717) is 0 Å². The molecule has 1 aromatic carbocycles. The summed E-state index contributed by atoms with van der Waals surface area (Å²) >= 11 is 14.5. The minimum atomic E-state index is -4.95. The van der Waals surface area contributed by atoms with Gasteiger partial charge in [-0.15, -0.1) is 0 Å². The smallest absolute Gasteiger partial charge is 0.662 e. The minimum absolute atomic E-state index is 0. The molecule has 150 valence electrons. The molecular formula is C15H12Cl3F3KNO5. The van der Waals surface area contributed by atoms with E-state index in [1.807, 2.05) is 5.92 Å². The molecule has 6 nitrogen and oxygen atoms in total. The molecule has 0 amide bonds. The first kappa shape index (κ1) is 30.1. The van der Waals surface area contributed by atoms with Gasteiger partial charge in [-0.3, -0.25) is 9.59 Å². The van der Waals surface area contributed by atoms with Crippen LogP contribution in [0.1, 0.15) is 18.4 Å². The third-order valence-corrected chi connectivity index (χ3v) is 3.12. The van der Waals surface area contributed by atoms with Crippen molar-refractivity contribution in [2.24, 2.45) is 5.92 Å². The molecular weight excluding hydrogens is 477 g/mol. The van der Waals surface area contributed by atoms with Gasteiger partial charge in [0.25, 0.3) is 6.47 Å². The summed E-state index contributed by atoms with van der Waals surface area (Å²) in [4.78, 5) is 20.2. The van der Waals surface area contributed by atoms with E-state index in [-0.39, 0.29) is 74.5 Å². The number of rotatable bonds is 2. The van der Waals surface area contributed by atoms with Crippen molar-refractivity contribution in [2.45, 2.75) is 24.6 Å². The molecule has 1 saturated carbocycles. The number of benzene rings is 1. The van der Waals surface area contributed by atoms with Crippen LogP contribution < -0.4 is 62.4 Å². The summed E-state index contributed by atoms with van der Waals surface area (Å²) in [5.74, 6) is 4.28. The molecule has 0 saturated heterocycles. The topological polar surface area (TPSA) is 113 Å². The fraction of sp³-hybridized carbons (Fsp3) is 0.333. The van der Waals surface area contributed by atoms with Crippen molar-refractivity contribution in [3.63, 3.8) is 0 Å². The first-order valence-corrected chi connectivity index (χ1v) is 7.97. The number of hydrogen-bond acceptors (Lipinski definition) is 6. The summed E-state index contributed by atoms with van der Waals surface area (Å²) in [7, 11) is 0. The Kier molecular flexibility index (Phi) is 15.1. The average Bonchev–Trinajstić information content (AvgIpc) is 3.38. The first-order valence-electron chi connectivity index (χ1n) is 6.83. The van der Waals surface area contributed by atoms with E-state index < -0.39 is 22.0 Å². The van der Waals surface area contributed by atoms with Gasteiger partial charge in [-0.1, -0.05) is 23.4 Å². The van der Waals surface area contributed by atoms with Crippen LogP contribution >= 0.6 is 34.8 Å². The standard InChI is InChI=1S/C13H11ClF3NO.CCl2O.CH2O3.K/c14-9-3-4-11(18)10(7-9)12(19,13(15,16)17)6-5-8-1-2-8;2-1(3)4;2-1-4-3;/h3-4,7-8,19H,1-2,18H2;;1,3H;/q;;;+1/p-1/t12-;;;/m0.../s1. The van der Waals surface area contributed by atoms with Crippen LogP contribution in [0.5, 0.6) is 0 Å². The number of alkyl halides is 3. The Morgan fingerprint density at radius 3 is 2.18 bits per heavy atom. The second-order valence-electron chi connectivity index (χ2n) is 4.90. The van der Waals surface area contributed by atoms with Gasteiger partial charge in [0.2, 0.25) is 5.60 Å². The van der Waals surface area contributed by atoms with Crippen molar-refractivity contribution in [3.05, 3.63) is 28.8 Å². The second kappa shape index (κ2) is 14.0. The Bertz CT molecular complexity index is 719. The SMILES string of the molecule is Nc1ccc(Cl)cc1[C@@](O)(C#CC1CC1)C(F)(F)F.O=C(Cl)Cl.O=CO[O-].[K+]. The summed E-state index contributed by atoms with van der Waals surface area (Å²) in [5, 5.41) is 18.5. The van der Waals surface area contributed by atoms with Crippen molar-refractivity contribution in [1.29, 1.82) is 0 Å². The molecule has 0 aromatic heterocycles. The van der Waals surface area contributed by atoms with Crippen LogP contribution in [0, 0.1) is 17.8 Å². The van der Waals surface area contributed by atoms with Gasteiger partial charge < -0.3 is 21.0 Å². The number of nitrogens with two attached hydrogens (primary N) is 1. The van der Waals surface area contributed by atoms with Crippen molar-refractivity contribution in [1.82, 2.24) is 0 Å². The monoisotopic (exact) mass is 487 g/mol. The Morgan fingerprint density at radius 1 is 1.36 bits per heavy atom. The molecule has 28 heavy (non-hydrogen) atoms. The van der Waals surface area contributed by atoms with Crippen LogP contribution in [0.25, 0.3) is 0 Å². The number of nitrogen functional groups attached to an aromatic ring is 1. The van der Waals surface area contributed by atoms with Crippen molar-refractivity contribution >= 4 is 51.7 Å². The molecule has 0 radical (unpaired) electrons. The molecule has 3 N–H and O–H groups in total. The molecule has 1 aliphatic carbocycles. The van der Waals surface area contributed by atoms with Gasteiger partial charge in [0.15, 0.2) is 0 Å². The van der Waals surface area contributed by atoms with Gasteiger partial charge in [0, 0.05) is 22.2 Å². The molecule has 13 heteroatoms. The molecule has 2 rings (SSSR count). The number of aliphatic hydroxyl groups is 1. The fourth-order valence-electron chi connectivity index (χ4n) is 1.57. The van der Waals surface area contributed by atoms with E-state index in [2.05, 4.69) is 34.0 Å². The normalized spacial score (nSPS) is 14.1. The predicted molar refractivity (Wildman–Crippen MR) is 90.6 cm³/mol. The second-order valence-corrected chi connectivity index (χ2v) is 6.22. The first-order chi connectivity index (χ1) is 12.4. The minimum Gasteiger partial charge on any atom is -0.662 e. The van der Waals surface area contributed by atoms with E-state index in [0.717, 1.165) is 18.9 Å². The van der Waals surface area contributed by atoms with Crippen LogP contribution in [0.4, 0.5) is 23.7 Å². The van der Waals surface area contributed by atoms with Gasteiger partial charge in [-0.2, -0.15) is 13.2 Å². The van der Waals surface area contributed by atoms with E-state index in [9.17, 15) is 18.3 Å². The quantitative estimate of drug-likeness (QED) is 0.116. The van der Waals surface area contributed by atoms with Crippen molar-refractivity contribution < 1.29 is 89.4 Å². The van der Waals surface area contributed by atoms with Crippen LogP contribution in [0.15, 0.2) is 18.2 Å². The molecule has 0 aliphatic heterocycles. The van der Waals surface area contributed by atoms with E-state index in [1.165, 1.54) is 12.1 Å². The number of carbonyl (C=O) groups is 2. The van der Waals surface area contributed by atoms with Gasteiger partial charge in [-0.25, -0.2) is 0 Å². The average molecular weight is 489 g/mol. The summed E-state index contributed by atoms with van der Waals surface area (Å²) < 4.78 is 38.5. The van der Waals surface area contributed by atoms with E-state index in [1.54, 1.807) is 0 Å². The summed E-state index contributed by atoms with van der Waals surface area (Å²) in [6.45, 7) is -0.181. The van der Waals surface area contributed by atoms with Crippen LogP contribution in [0.3, 0.4) is 0 Å². The third kappa shape index (κ3) is 11.2. The van der Waals surface area contributed by atoms with Gasteiger partial charge in [0.1, 0.15) is 0 Å². The van der Waals surface area contributed by atoms with Crippen LogP contribution in [-0.4, -0.2) is 22.5 Å². The van der Waals surface area contributed by atoms with Crippen molar-refractivity contribution in [2.75, 3.05) is 5.73 Å². The zero-order chi connectivity index (χ0) is 21.3. The van der Waals surface area contributed by atoms with Gasteiger partial charge in [0.05, 0.1) is 0 Å². The Hall–Kier alpha value is -0.0636. The zero-order valence-corrected chi connectivity index (χ0v) is 19.6.